The molecule has 3 aromatic rings. The van der Waals surface area contributed by atoms with Gasteiger partial charge in [0.2, 0.25) is 5.95 Å². The summed E-state index contributed by atoms with van der Waals surface area (Å²) in [6, 6.07) is 5.61. The first-order valence-electron chi connectivity index (χ1n) is 9.85. The smallest absolute Gasteiger partial charge is 0.227 e. The van der Waals surface area contributed by atoms with Gasteiger partial charge in [-0.15, -0.1) is 5.10 Å². The molecule has 2 aromatic heterocycles. The van der Waals surface area contributed by atoms with Gasteiger partial charge in [-0.2, -0.15) is 10.1 Å². The van der Waals surface area contributed by atoms with E-state index in [2.05, 4.69) is 30.4 Å². The largest absolute Gasteiger partial charge is 0.391 e. The Kier molecular flexibility index (Phi) is 6.01. The first-order valence-corrected chi connectivity index (χ1v) is 9.85. The van der Waals surface area contributed by atoms with E-state index < -0.39 is 18.2 Å². The van der Waals surface area contributed by atoms with Crippen molar-refractivity contribution in [3.8, 4) is 11.1 Å². The lowest BCUT2D eigenvalue weighted by molar-refractivity contribution is -0.00571. The summed E-state index contributed by atoms with van der Waals surface area (Å²) in [5.41, 5.74) is 0.374. The Bertz CT molecular complexity index is 1050. The predicted molar refractivity (Wildman–Crippen MR) is 111 cm³/mol. The van der Waals surface area contributed by atoms with Crippen LogP contribution in [0.5, 0.6) is 0 Å². The number of aromatic nitrogens is 4. The van der Waals surface area contributed by atoms with Gasteiger partial charge in [-0.3, -0.25) is 0 Å². The minimum atomic E-state index is -0.821. The maximum atomic E-state index is 14.0. The van der Waals surface area contributed by atoms with Gasteiger partial charge in [-0.25, -0.2) is 13.8 Å². The number of aliphatic hydroxyl groups excluding tert-OH is 1. The van der Waals surface area contributed by atoms with E-state index in [0.717, 1.165) is 12.1 Å². The van der Waals surface area contributed by atoms with Crippen LogP contribution in [0.3, 0.4) is 0 Å². The number of benzene rings is 1. The molecule has 0 spiro atoms. The number of anilines is 3. The molecule has 1 aromatic carbocycles. The molecule has 1 saturated heterocycles. The number of nitrogens with one attached hydrogen (secondary N) is 1. The molecule has 2 atom stereocenters. The Hall–Kier alpha value is -3.24. The van der Waals surface area contributed by atoms with Crippen LogP contribution in [-0.2, 0) is 11.3 Å². The Morgan fingerprint density at radius 3 is 2.48 bits per heavy atom. The third-order valence-electron chi connectivity index (χ3n) is 4.89. The van der Waals surface area contributed by atoms with Gasteiger partial charge in [0, 0.05) is 30.4 Å². The molecule has 8 nitrogen and oxygen atoms in total. The molecular formula is C21H22F2N6O2. The van der Waals surface area contributed by atoms with E-state index in [-0.39, 0.29) is 23.3 Å². The SMILES string of the molecule is C[C@@H]1CN(c2nccc(Nc3cc(-c4cc(F)c(CO)c(F)c4)cnn3)n2)C[C@H](C)O1. The number of nitrogens with zero attached hydrogens (tertiary/aromatic N) is 5. The minimum absolute atomic E-state index is 0.0736. The summed E-state index contributed by atoms with van der Waals surface area (Å²) in [6.45, 7) is 4.67. The summed E-state index contributed by atoms with van der Waals surface area (Å²) in [6.07, 6.45) is 3.19. The van der Waals surface area contributed by atoms with Crippen LogP contribution in [0.4, 0.5) is 26.4 Å². The van der Waals surface area contributed by atoms with E-state index in [1.165, 1.54) is 6.20 Å². The molecular weight excluding hydrogens is 406 g/mol. The molecule has 10 heteroatoms. The second-order valence-corrected chi connectivity index (χ2v) is 7.44. The first kappa shape index (κ1) is 21.0. The van der Waals surface area contributed by atoms with Crippen LogP contribution < -0.4 is 10.2 Å². The molecule has 1 aliphatic rings. The van der Waals surface area contributed by atoms with Gasteiger partial charge < -0.3 is 20.1 Å². The molecule has 0 saturated carbocycles. The van der Waals surface area contributed by atoms with Crippen molar-refractivity contribution in [2.45, 2.75) is 32.7 Å². The zero-order valence-corrected chi connectivity index (χ0v) is 17.1. The third kappa shape index (κ3) is 4.75. The Labute approximate surface area is 177 Å². The summed E-state index contributed by atoms with van der Waals surface area (Å²) in [5.74, 6) is -0.203. The highest BCUT2D eigenvalue weighted by molar-refractivity contribution is 5.67. The van der Waals surface area contributed by atoms with Gasteiger partial charge in [0.05, 0.1) is 25.0 Å². The van der Waals surface area contributed by atoms with Crippen LogP contribution in [0.2, 0.25) is 0 Å². The number of morpholine rings is 1. The van der Waals surface area contributed by atoms with E-state index in [1.807, 2.05) is 13.8 Å². The predicted octanol–water partition coefficient (Wildman–Crippen LogP) is 3.06. The molecule has 3 heterocycles. The van der Waals surface area contributed by atoms with Crippen molar-refractivity contribution >= 4 is 17.6 Å². The molecule has 2 N–H and O–H groups in total. The van der Waals surface area contributed by atoms with Crippen molar-refractivity contribution in [2.24, 2.45) is 0 Å². The van der Waals surface area contributed by atoms with Crippen molar-refractivity contribution in [3.05, 3.63) is 53.9 Å². The zero-order chi connectivity index (χ0) is 22.0. The fourth-order valence-corrected chi connectivity index (χ4v) is 3.55. The van der Waals surface area contributed by atoms with Crippen LogP contribution in [0, 0.1) is 11.6 Å². The highest BCUT2D eigenvalue weighted by Crippen LogP contribution is 2.26. The number of aliphatic hydroxyl groups is 1. The number of halogens is 2. The lowest BCUT2D eigenvalue weighted by atomic mass is 10.0. The van der Waals surface area contributed by atoms with Crippen molar-refractivity contribution in [1.29, 1.82) is 0 Å². The van der Waals surface area contributed by atoms with Crippen LogP contribution in [-0.4, -0.2) is 50.6 Å². The van der Waals surface area contributed by atoms with Crippen molar-refractivity contribution in [2.75, 3.05) is 23.3 Å². The molecule has 162 valence electrons. The Morgan fingerprint density at radius 1 is 1.10 bits per heavy atom. The number of ether oxygens (including phenoxy) is 1. The van der Waals surface area contributed by atoms with Gasteiger partial charge in [-0.1, -0.05) is 0 Å². The summed E-state index contributed by atoms with van der Waals surface area (Å²) in [4.78, 5) is 11.0. The molecule has 0 bridgehead atoms. The fourth-order valence-electron chi connectivity index (χ4n) is 3.55. The quantitative estimate of drug-likeness (QED) is 0.640. The van der Waals surface area contributed by atoms with Crippen molar-refractivity contribution < 1.29 is 18.6 Å². The minimum Gasteiger partial charge on any atom is -0.391 e. The maximum absolute atomic E-state index is 14.0. The molecule has 1 aliphatic heterocycles. The van der Waals surface area contributed by atoms with E-state index in [0.29, 0.717) is 36.2 Å². The molecule has 0 aliphatic carbocycles. The maximum Gasteiger partial charge on any atom is 0.227 e. The van der Waals surface area contributed by atoms with Crippen LogP contribution in [0.25, 0.3) is 11.1 Å². The lowest BCUT2D eigenvalue weighted by Gasteiger charge is -2.35. The highest BCUT2D eigenvalue weighted by Gasteiger charge is 2.24. The Morgan fingerprint density at radius 2 is 1.81 bits per heavy atom. The molecule has 1 fully saturated rings. The first-order chi connectivity index (χ1) is 14.9. The second kappa shape index (κ2) is 8.86. The van der Waals surface area contributed by atoms with Crippen LogP contribution >= 0.6 is 0 Å². The number of hydrogen-bond donors (Lipinski definition) is 2. The Balaban J connectivity index is 1.56. The van der Waals surface area contributed by atoms with Gasteiger partial charge in [0.25, 0.3) is 0 Å². The average molecular weight is 428 g/mol. The molecule has 31 heavy (non-hydrogen) atoms. The monoisotopic (exact) mass is 428 g/mol. The second-order valence-electron chi connectivity index (χ2n) is 7.44. The average Bonchev–Trinajstić information content (AvgIpc) is 2.73. The van der Waals surface area contributed by atoms with Crippen LogP contribution in [0.1, 0.15) is 19.4 Å². The number of rotatable bonds is 5. The van der Waals surface area contributed by atoms with E-state index in [1.54, 1.807) is 18.3 Å². The van der Waals surface area contributed by atoms with E-state index in [9.17, 15) is 8.78 Å². The molecule has 0 radical (unpaired) electrons. The van der Waals surface area contributed by atoms with Crippen molar-refractivity contribution in [1.82, 2.24) is 20.2 Å². The fraction of sp³-hybridized carbons (Fsp3) is 0.333. The number of hydrogen-bond acceptors (Lipinski definition) is 8. The molecule has 0 unspecified atom stereocenters. The third-order valence-corrected chi connectivity index (χ3v) is 4.89. The summed E-state index contributed by atoms with van der Waals surface area (Å²) in [7, 11) is 0. The van der Waals surface area contributed by atoms with Gasteiger partial charge in [0.15, 0.2) is 5.82 Å². The van der Waals surface area contributed by atoms with Gasteiger partial charge in [0.1, 0.15) is 17.5 Å². The van der Waals surface area contributed by atoms with Crippen LogP contribution in [0.15, 0.2) is 36.7 Å². The standard InChI is InChI=1S/C21H22F2N6O2/c1-12-9-29(10-13(2)31-12)21-24-4-3-19(27-21)26-20-7-15(8-25-28-20)14-5-17(22)16(11-30)18(23)6-14/h3-8,12-13,30H,9-11H2,1-2H3,(H,24,26,27,28)/t12-,13+. The van der Waals surface area contributed by atoms with Crippen molar-refractivity contribution in [3.63, 3.8) is 0 Å². The van der Waals surface area contributed by atoms with E-state index >= 15 is 0 Å². The molecule has 4 rings (SSSR count). The summed E-state index contributed by atoms with van der Waals surface area (Å²) >= 11 is 0. The van der Waals surface area contributed by atoms with Gasteiger partial charge >= 0.3 is 0 Å². The normalized spacial score (nSPS) is 18.8. The lowest BCUT2D eigenvalue weighted by Crippen LogP contribution is -2.46. The summed E-state index contributed by atoms with van der Waals surface area (Å²) in [5, 5.41) is 20.1. The topological polar surface area (TPSA) is 96.3 Å². The molecule has 0 amide bonds. The zero-order valence-electron chi connectivity index (χ0n) is 17.1. The summed E-state index contributed by atoms with van der Waals surface area (Å²) < 4.78 is 33.8. The van der Waals surface area contributed by atoms with E-state index in [4.69, 9.17) is 9.84 Å². The highest BCUT2D eigenvalue weighted by atomic mass is 19.1. The van der Waals surface area contributed by atoms with Gasteiger partial charge in [-0.05, 0) is 43.7 Å².